The van der Waals surface area contributed by atoms with Crippen LogP contribution >= 0.6 is 0 Å². The second-order valence-electron chi connectivity index (χ2n) is 3.49. The van der Waals surface area contributed by atoms with Crippen LogP contribution in [0.2, 0.25) is 0 Å². The molecule has 0 aliphatic rings. The third-order valence-corrected chi connectivity index (χ3v) is 2.04. The first kappa shape index (κ1) is 14.5. The number of nitrogens with zero attached hydrogens (tertiary/aromatic N) is 1. The normalized spacial score (nSPS) is 10.6. The molecule has 8 heteroatoms. The molecule has 0 unspecified atom stereocenters. The number of hydrogen-bond acceptors (Lipinski definition) is 3. The number of carboxylic acids is 1. The van der Waals surface area contributed by atoms with Crippen molar-refractivity contribution in [2.24, 2.45) is 0 Å². The smallest absolute Gasteiger partial charge is 0.417 e. The highest BCUT2D eigenvalue weighted by Gasteiger charge is 2.33. The van der Waals surface area contributed by atoms with E-state index in [0.29, 0.717) is 6.07 Å². The lowest BCUT2D eigenvalue weighted by atomic mass is 10.1. The summed E-state index contributed by atoms with van der Waals surface area (Å²) in [6.07, 6.45) is -5.60. The lowest BCUT2D eigenvalue weighted by Gasteiger charge is -2.11. The molecule has 0 atom stereocenters. The Morgan fingerprint density at radius 3 is 2.47 bits per heavy atom. The van der Waals surface area contributed by atoms with Crippen LogP contribution in [0, 0.1) is 11.3 Å². The highest BCUT2D eigenvalue weighted by molar-refractivity contribution is 6.01. The van der Waals surface area contributed by atoms with Crippen LogP contribution in [0.5, 0.6) is 0 Å². The Bertz CT molecular complexity index is 561. The largest absolute Gasteiger partial charge is 0.481 e. The summed E-state index contributed by atoms with van der Waals surface area (Å²) in [5.41, 5.74) is -2.00. The van der Waals surface area contributed by atoms with E-state index >= 15 is 0 Å². The zero-order chi connectivity index (χ0) is 14.6. The molecule has 0 saturated heterocycles. The van der Waals surface area contributed by atoms with E-state index < -0.39 is 35.6 Å². The Hall–Kier alpha value is -2.56. The molecule has 5 nitrogen and oxygen atoms in total. The molecule has 0 aromatic heterocycles. The summed E-state index contributed by atoms with van der Waals surface area (Å²) >= 11 is 0. The van der Waals surface area contributed by atoms with Crippen molar-refractivity contribution >= 4 is 17.6 Å². The second kappa shape index (κ2) is 5.39. The average molecular weight is 272 g/mol. The molecular weight excluding hydrogens is 265 g/mol. The van der Waals surface area contributed by atoms with E-state index in [1.807, 2.05) is 5.32 Å². The number of carbonyl (C=O) groups is 2. The maximum absolute atomic E-state index is 12.6. The minimum Gasteiger partial charge on any atom is -0.481 e. The van der Waals surface area contributed by atoms with Gasteiger partial charge >= 0.3 is 12.1 Å². The predicted octanol–water partition coefficient (Wildman–Crippen LogP) is 1.99. The SMILES string of the molecule is N#Cc1ccc(NC(=O)CC(=O)O)cc1C(F)(F)F. The summed E-state index contributed by atoms with van der Waals surface area (Å²) in [5.74, 6) is -2.35. The molecular formula is C11H7F3N2O3. The minimum absolute atomic E-state index is 0.224. The number of halogens is 3. The van der Waals surface area contributed by atoms with Gasteiger partial charge < -0.3 is 10.4 Å². The van der Waals surface area contributed by atoms with E-state index in [9.17, 15) is 22.8 Å². The van der Waals surface area contributed by atoms with E-state index in [-0.39, 0.29) is 5.69 Å². The van der Waals surface area contributed by atoms with Crippen LogP contribution in [0.4, 0.5) is 18.9 Å². The molecule has 1 aromatic rings. The number of nitriles is 1. The highest BCUT2D eigenvalue weighted by Crippen LogP contribution is 2.33. The zero-order valence-electron chi connectivity index (χ0n) is 9.28. The molecule has 0 radical (unpaired) electrons. The lowest BCUT2D eigenvalue weighted by molar-refractivity contribution is -0.140. The number of alkyl halides is 3. The molecule has 1 amide bonds. The number of hydrogen-bond donors (Lipinski definition) is 2. The highest BCUT2D eigenvalue weighted by atomic mass is 19.4. The third-order valence-electron chi connectivity index (χ3n) is 2.04. The Morgan fingerprint density at radius 1 is 1.37 bits per heavy atom. The maximum Gasteiger partial charge on any atom is 0.417 e. The van der Waals surface area contributed by atoms with Crippen molar-refractivity contribution in [2.75, 3.05) is 5.32 Å². The fraction of sp³-hybridized carbons (Fsp3) is 0.182. The van der Waals surface area contributed by atoms with Crippen molar-refractivity contribution in [3.63, 3.8) is 0 Å². The average Bonchev–Trinajstić information content (AvgIpc) is 2.26. The molecule has 0 aliphatic heterocycles. The molecule has 0 aliphatic carbocycles. The zero-order valence-corrected chi connectivity index (χ0v) is 9.28. The first-order chi connectivity index (χ1) is 8.74. The molecule has 0 saturated carbocycles. The predicted molar refractivity (Wildman–Crippen MR) is 57.0 cm³/mol. The monoisotopic (exact) mass is 272 g/mol. The summed E-state index contributed by atoms with van der Waals surface area (Å²) in [6, 6.07) is 3.96. The summed E-state index contributed by atoms with van der Waals surface area (Å²) < 4.78 is 37.8. The quantitative estimate of drug-likeness (QED) is 0.823. The van der Waals surface area contributed by atoms with Gasteiger partial charge in [0.2, 0.25) is 5.91 Å². The van der Waals surface area contributed by atoms with E-state index in [1.54, 1.807) is 0 Å². The fourth-order valence-electron chi connectivity index (χ4n) is 1.30. The molecule has 19 heavy (non-hydrogen) atoms. The lowest BCUT2D eigenvalue weighted by Crippen LogP contribution is -2.17. The van der Waals surface area contributed by atoms with Gasteiger partial charge in [0.25, 0.3) is 0 Å². The van der Waals surface area contributed by atoms with Crippen LogP contribution in [0.15, 0.2) is 18.2 Å². The molecule has 1 rings (SSSR count). The fourth-order valence-corrected chi connectivity index (χ4v) is 1.30. The Balaban J connectivity index is 3.03. The van der Waals surface area contributed by atoms with Crippen molar-refractivity contribution < 1.29 is 27.9 Å². The number of carbonyl (C=O) groups excluding carboxylic acids is 1. The summed E-state index contributed by atoms with van der Waals surface area (Å²) in [5, 5.41) is 18.9. The van der Waals surface area contributed by atoms with E-state index in [1.165, 1.54) is 6.07 Å². The van der Waals surface area contributed by atoms with Gasteiger partial charge in [0.1, 0.15) is 6.42 Å². The molecule has 0 heterocycles. The third kappa shape index (κ3) is 3.99. The molecule has 0 fully saturated rings. The van der Waals surface area contributed by atoms with Crippen LogP contribution in [-0.2, 0) is 15.8 Å². The van der Waals surface area contributed by atoms with Gasteiger partial charge in [0, 0.05) is 5.69 Å². The number of carboxylic acid groups (broad SMARTS) is 1. The van der Waals surface area contributed by atoms with Crippen molar-refractivity contribution in [1.29, 1.82) is 5.26 Å². The Kier molecular flexibility index (Phi) is 4.11. The Labute approximate surface area is 105 Å². The van der Waals surface area contributed by atoms with Gasteiger partial charge in [-0.1, -0.05) is 0 Å². The van der Waals surface area contributed by atoms with Crippen molar-refractivity contribution in [3.05, 3.63) is 29.3 Å². The Morgan fingerprint density at radius 2 is 2.00 bits per heavy atom. The molecule has 100 valence electrons. The second-order valence-corrected chi connectivity index (χ2v) is 3.49. The number of rotatable bonds is 3. The molecule has 1 aromatic carbocycles. The van der Waals surface area contributed by atoms with Crippen LogP contribution in [0.3, 0.4) is 0 Å². The van der Waals surface area contributed by atoms with Gasteiger partial charge in [-0.25, -0.2) is 0 Å². The van der Waals surface area contributed by atoms with Gasteiger partial charge in [-0.15, -0.1) is 0 Å². The van der Waals surface area contributed by atoms with Crippen LogP contribution in [0.25, 0.3) is 0 Å². The van der Waals surface area contributed by atoms with Gasteiger partial charge in [-0.3, -0.25) is 9.59 Å². The number of amides is 1. The number of aliphatic carboxylic acids is 1. The van der Waals surface area contributed by atoms with Crippen LogP contribution in [-0.4, -0.2) is 17.0 Å². The number of nitrogens with one attached hydrogen (secondary N) is 1. The van der Waals surface area contributed by atoms with Gasteiger partial charge in [0.05, 0.1) is 17.2 Å². The summed E-state index contributed by atoms with van der Waals surface area (Å²) in [6.45, 7) is 0. The van der Waals surface area contributed by atoms with Crippen molar-refractivity contribution in [2.45, 2.75) is 12.6 Å². The number of anilines is 1. The van der Waals surface area contributed by atoms with Gasteiger partial charge in [-0.2, -0.15) is 18.4 Å². The minimum atomic E-state index is -4.74. The van der Waals surface area contributed by atoms with E-state index in [2.05, 4.69) is 0 Å². The summed E-state index contributed by atoms with van der Waals surface area (Å²) in [4.78, 5) is 21.3. The van der Waals surface area contributed by atoms with Crippen LogP contribution < -0.4 is 5.32 Å². The van der Waals surface area contributed by atoms with Gasteiger partial charge in [0.15, 0.2) is 0 Å². The topological polar surface area (TPSA) is 90.2 Å². The van der Waals surface area contributed by atoms with Crippen molar-refractivity contribution in [3.8, 4) is 6.07 Å². The van der Waals surface area contributed by atoms with E-state index in [0.717, 1.165) is 12.1 Å². The molecule has 0 bridgehead atoms. The van der Waals surface area contributed by atoms with Crippen LogP contribution in [0.1, 0.15) is 17.5 Å². The molecule has 0 spiro atoms. The van der Waals surface area contributed by atoms with Crippen molar-refractivity contribution in [1.82, 2.24) is 0 Å². The standard InChI is InChI=1S/C11H7F3N2O3/c12-11(13,14)8-3-7(2-1-6(8)5-15)16-9(17)4-10(18)19/h1-3H,4H2,(H,16,17)(H,18,19). The number of benzene rings is 1. The van der Waals surface area contributed by atoms with E-state index in [4.69, 9.17) is 10.4 Å². The molecule has 2 N–H and O–H groups in total. The summed E-state index contributed by atoms with van der Waals surface area (Å²) in [7, 11) is 0. The maximum atomic E-state index is 12.6. The first-order valence-corrected chi connectivity index (χ1v) is 4.87. The first-order valence-electron chi connectivity index (χ1n) is 4.87. The van der Waals surface area contributed by atoms with Gasteiger partial charge in [-0.05, 0) is 18.2 Å².